The molecule has 0 unspecified atom stereocenters. The van der Waals surface area contributed by atoms with E-state index >= 15 is 0 Å². The first kappa shape index (κ1) is 16.2. The second-order valence-electron chi connectivity index (χ2n) is 3.72. The van der Waals surface area contributed by atoms with Crippen molar-refractivity contribution in [3.8, 4) is 0 Å². The van der Waals surface area contributed by atoms with Gasteiger partial charge in [-0.3, -0.25) is 10.2 Å². The minimum atomic E-state index is -4.88. The van der Waals surface area contributed by atoms with Crippen molar-refractivity contribution in [3.63, 3.8) is 0 Å². The Balaban J connectivity index is 2.36. The van der Waals surface area contributed by atoms with Crippen LogP contribution in [-0.4, -0.2) is 36.8 Å². The van der Waals surface area contributed by atoms with Crippen LogP contribution in [0.5, 0.6) is 0 Å². The van der Waals surface area contributed by atoms with E-state index in [-0.39, 0.29) is 14.5 Å². The zero-order valence-corrected chi connectivity index (χ0v) is 11.5. The highest BCUT2D eigenvalue weighted by Crippen LogP contribution is 2.29. The maximum atomic E-state index is 12.8. The highest BCUT2D eigenvalue weighted by Gasteiger charge is 2.39. The number of nitrogens with one attached hydrogen (secondary N) is 1. The fourth-order valence-electron chi connectivity index (χ4n) is 1.49. The molecule has 2 aromatic rings. The number of thioether (sulfide) groups is 1. The van der Waals surface area contributed by atoms with Crippen LogP contribution >= 0.6 is 11.8 Å². The van der Waals surface area contributed by atoms with Gasteiger partial charge in [0.1, 0.15) is 5.69 Å². The molecule has 0 saturated carbocycles. The smallest absolute Gasteiger partial charge is 0.266 e. The Bertz CT molecular complexity index is 680. The lowest BCUT2D eigenvalue weighted by Crippen LogP contribution is -2.30. The molecule has 0 aliphatic heterocycles. The lowest BCUT2D eigenvalue weighted by atomic mass is 10.4. The maximum absolute atomic E-state index is 12.8. The molecule has 13 heteroatoms. The highest BCUT2D eigenvalue weighted by molar-refractivity contribution is 7.98. The van der Waals surface area contributed by atoms with E-state index in [1.54, 1.807) is 0 Å². The summed E-state index contributed by atoms with van der Waals surface area (Å²) in [5, 5.41) is 9.15. The van der Waals surface area contributed by atoms with Crippen LogP contribution < -0.4 is 5.43 Å². The standard InChI is InChI=1S/C9H7F5N6OS/c1-22-8-17-16-6(9(12,13)14)20(8)18-5(21)4-2-3-15-19(4)7(10)11/h2-3,7H,1H3,(H,18,21). The van der Waals surface area contributed by atoms with E-state index in [1.165, 1.54) is 6.26 Å². The lowest BCUT2D eigenvalue weighted by molar-refractivity contribution is -0.146. The summed E-state index contributed by atoms with van der Waals surface area (Å²) in [7, 11) is 0. The van der Waals surface area contributed by atoms with E-state index in [4.69, 9.17) is 0 Å². The van der Waals surface area contributed by atoms with Crippen molar-refractivity contribution in [3.05, 3.63) is 23.8 Å². The summed E-state index contributed by atoms with van der Waals surface area (Å²) in [4.78, 5) is 11.9. The van der Waals surface area contributed by atoms with Crippen molar-refractivity contribution in [2.75, 3.05) is 11.7 Å². The zero-order valence-electron chi connectivity index (χ0n) is 10.7. The van der Waals surface area contributed by atoms with Gasteiger partial charge in [-0.15, -0.1) is 10.2 Å². The first-order valence-electron chi connectivity index (χ1n) is 5.45. The number of rotatable bonds is 4. The number of halogens is 5. The van der Waals surface area contributed by atoms with E-state index in [2.05, 4.69) is 15.3 Å². The number of carbonyl (C=O) groups excluding carboxylic acids is 1. The number of nitrogens with zero attached hydrogens (tertiary/aromatic N) is 5. The van der Waals surface area contributed by atoms with Crippen LogP contribution in [0.25, 0.3) is 0 Å². The number of amides is 1. The predicted molar refractivity (Wildman–Crippen MR) is 64.0 cm³/mol. The Hall–Kier alpha value is -2.18. The van der Waals surface area contributed by atoms with Crippen LogP contribution in [0.15, 0.2) is 17.4 Å². The Morgan fingerprint density at radius 3 is 2.59 bits per heavy atom. The molecule has 0 fully saturated rings. The third-order valence-electron chi connectivity index (χ3n) is 2.37. The van der Waals surface area contributed by atoms with E-state index in [9.17, 15) is 26.7 Å². The maximum Gasteiger partial charge on any atom is 0.453 e. The largest absolute Gasteiger partial charge is 0.453 e. The summed E-state index contributed by atoms with van der Waals surface area (Å²) in [5.41, 5.74) is 1.22. The van der Waals surface area contributed by atoms with Gasteiger partial charge in [0.05, 0.1) is 0 Å². The van der Waals surface area contributed by atoms with Gasteiger partial charge in [-0.2, -0.15) is 31.7 Å². The van der Waals surface area contributed by atoms with E-state index in [0.29, 0.717) is 0 Å². The molecule has 0 radical (unpaired) electrons. The quantitative estimate of drug-likeness (QED) is 0.679. The van der Waals surface area contributed by atoms with Crippen molar-refractivity contribution in [1.82, 2.24) is 24.7 Å². The molecule has 2 heterocycles. The molecule has 0 aromatic carbocycles. The summed E-state index contributed by atoms with van der Waals surface area (Å²) in [6.45, 7) is -3.11. The molecule has 0 bridgehead atoms. The molecular formula is C9H7F5N6OS. The third-order valence-corrected chi connectivity index (χ3v) is 3.00. The summed E-state index contributed by atoms with van der Waals surface area (Å²) >= 11 is 0.786. The first-order valence-corrected chi connectivity index (χ1v) is 6.67. The number of hydrogen-bond acceptors (Lipinski definition) is 5. The molecule has 1 N–H and O–H groups in total. The van der Waals surface area contributed by atoms with Crippen LogP contribution in [0, 0.1) is 0 Å². The third kappa shape index (κ3) is 3.03. The van der Waals surface area contributed by atoms with E-state index < -0.39 is 30.2 Å². The molecule has 120 valence electrons. The molecule has 0 aliphatic rings. The van der Waals surface area contributed by atoms with Crippen molar-refractivity contribution in [2.24, 2.45) is 0 Å². The fraction of sp³-hybridized carbons (Fsp3) is 0.333. The molecule has 2 rings (SSSR count). The van der Waals surface area contributed by atoms with Crippen molar-refractivity contribution in [2.45, 2.75) is 17.9 Å². The van der Waals surface area contributed by atoms with Crippen LogP contribution in [0.1, 0.15) is 22.9 Å². The van der Waals surface area contributed by atoms with Crippen LogP contribution in [-0.2, 0) is 6.18 Å². The van der Waals surface area contributed by atoms with Gasteiger partial charge in [-0.05, 0) is 12.3 Å². The number of hydrogen-bond donors (Lipinski definition) is 1. The normalized spacial score (nSPS) is 12.0. The minimum Gasteiger partial charge on any atom is -0.266 e. The molecule has 2 aromatic heterocycles. The summed E-state index contributed by atoms with van der Waals surface area (Å²) in [6.07, 6.45) is -2.54. The molecule has 0 atom stereocenters. The number of aromatic nitrogens is 5. The van der Waals surface area contributed by atoms with Gasteiger partial charge in [0.2, 0.25) is 5.16 Å². The van der Waals surface area contributed by atoms with Gasteiger partial charge in [-0.1, -0.05) is 11.8 Å². The predicted octanol–water partition coefficient (Wildman–Crippen LogP) is 1.99. The van der Waals surface area contributed by atoms with Crippen molar-refractivity contribution < 1.29 is 26.7 Å². The summed E-state index contributed by atoms with van der Waals surface area (Å²) < 4.78 is 63.9. The number of carbonyl (C=O) groups is 1. The highest BCUT2D eigenvalue weighted by atomic mass is 32.2. The second kappa shape index (κ2) is 5.90. The van der Waals surface area contributed by atoms with Crippen LogP contribution in [0.4, 0.5) is 22.0 Å². The first-order chi connectivity index (χ1) is 10.3. The molecule has 7 nitrogen and oxygen atoms in total. The minimum absolute atomic E-state index is 0.0751. The Morgan fingerprint density at radius 1 is 1.36 bits per heavy atom. The molecular weight excluding hydrogens is 335 g/mol. The molecule has 0 aliphatic carbocycles. The van der Waals surface area contributed by atoms with Gasteiger partial charge in [0, 0.05) is 6.20 Å². The van der Waals surface area contributed by atoms with Gasteiger partial charge >= 0.3 is 12.7 Å². The lowest BCUT2D eigenvalue weighted by Gasteiger charge is -2.12. The second-order valence-corrected chi connectivity index (χ2v) is 4.50. The average molecular weight is 342 g/mol. The molecule has 0 spiro atoms. The van der Waals surface area contributed by atoms with Crippen LogP contribution in [0.2, 0.25) is 0 Å². The average Bonchev–Trinajstić information content (AvgIpc) is 3.03. The molecule has 22 heavy (non-hydrogen) atoms. The summed E-state index contributed by atoms with van der Waals surface area (Å²) in [5.74, 6) is -2.69. The SMILES string of the molecule is CSc1nnc(C(F)(F)F)n1NC(=O)c1ccnn1C(F)F. The van der Waals surface area contributed by atoms with E-state index in [1.807, 2.05) is 5.43 Å². The molecule has 0 saturated heterocycles. The van der Waals surface area contributed by atoms with Crippen molar-refractivity contribution >= 4 is 17.7 Å². The fourth-order valence-corrected chi connectivity index (χ4v) is 1.93. The number of alkyl halides is 5. The van der Waals surface area contributed by atoms with Gasteiger partial charge in [0.25, 0.3) is 11.7 Å². The Labute approximate surface area is 123 Å². The topological polar surface area (TPSA) is 77.6 Å². The molecule has 1 amide bonds. The van der Waals surface area contributed by atoms with Gasteiger partial charge < -0.3 is 0 Å². The Kier molecular flexibility index (Phi) is 4.35. The van der Waals surface area contributed by atoms with Gasteiger partial charge in [0.15, 0.2) is 0 Å². The van der Waals surface area contributed by atoms with Crippen LogP contribution in [0.3, 0.4) is 0 Å². The summed E-state index contributed by atoms with van der Waals surface area (Å²) in [6, 6.07) is 0.942. The monoisotopic (exact) mass is 342 g/mol. The van der Waals surface area contributed by atoms with E-state index in [0.717, 1.165) is 24.0 Å². The van der Waals surface area contributed by atoms with Crippen molar-refractivity contribution in [1.29, 1.82) is 0 Å². The zero-order chi connectivity index (χ0) is 16.5. The Morgan fingerprint density at radius 2 is 2.05 bits per heavy atom. The van der Waals surface area contributed by atoms with Gasteiger partial charge in [-0.25, -0.2) is 4.68 Å².